The third-order valence-electron chi connectivity index (χ3n) is 5.38. The molecule has 3 heterocycles. The molecule has 0 aliphatic carbocycles. The van der Waals surface area contributed by atoms with Crippen molar-refractivity contribution in [2.75, 3.05) is 18.0 Å². The first-order chi connectivity index (χ1) is 13.1. The number of hydrogen-bond acceptors (Lipinski definition) is 4. The third-order valence-corrected chi connectivity index (χ3v) is 5.38. The van der Waals surface area contributed by atoms with Crippen LogP contribution in [0, 0.1) is 0 Å². The predicted molar refractivity (Wildman–Crippen MR) is 110 cm³/mol. The maximum atomic E-state index is 12.8. The summed E-state index contributed by atoms with van der Waals surface area (Å²) in [6.45, 7) is 3.90. The number of anilines is 1. The van der Waals surface area contributed by atoms with Crippen LogP contribution in [-0.2, 0) is 4.79 Å². The molecular formula is C20H26ClN5O2. The summed E-state index contributed by atoms with van der Waals surface area (Å²) >= 11 is 0. The summed E-state index contributed by atoms with van der Waals surface area (Å²) in [6.07, 6.45) is 4.60. The Kier molecular flexibility index (Phi) is 6.36. The number of carbonyl (C=O) groups is 2. The average Bonchev–Trinajstić information content (AvgIpc) is 3.29. The summed E-state index contributed by atoms with van der Waals surface area (Å²) < 4.78 is 1.86. The van der Waals surface area contributed by atoms with Crippen LogP contribution in [0.5, 0.6) is 0 Å². The topological polar surface area (TPSA) is 79.3 Å². The van der Waals surface area contributed by atoms with Gasteiger partial charge in [-0.25, -0.2) is 0 Å². The highest BCUT2D eigenvalue weighted by Crippen LogP contribution is 2.26. The predicted octanol–water partition coefficient (Wildman–Crippen LogP) is 2.15. The number of halogens is 1. The van der Waals surface area contributed by atoms with Crippen LogP contribution in [0.25, 0.3) is 0 Å². The number of hydrogen-bond donors (Lipinski definition) is 2. The van der Waals surface area contributed by atoms with Crippen molar-refractivity contribution in [1.82, 2.24) is 20.4 Å². The fourth-order valence-electron chi connectivity index (χ4n) is 3.98. The average molecular weight is 404 g/mol. The van der Waals surface area contributed by atoms with Crippen LogP contribution in [-0.4, -0.2) is 46.8 Å². The van der Waals surface area contributed by atoms with Crippen molar-refractivity contribution in [2.45, 2.75) is 44.3 Å². The number of para-hydroxylation sites is 1. The van der Waals surface area contributed by atoms with Gasteiger partial charge in [0.15, 0.2) is 0 Å². The molecule has 2 N–H and O–H groups in total. The van der Waals surface area contributed by atoms with E-state index in [1.54, 1.807) is 11.0 Å². The fourth-order valence-corrected chi connectivity index (χ4v) is 3.98. The van der Waals surface area contributed by atoms with E-state index in [2.05, 4.69) is 15.7 Å². The highest BCUT2D eigenvalue weighted by Gasteiger charge is 2.39. The normalized spacial score (nSPS) is 24.7. The van der Waals surface area contributed by atoms with Gasteiger partial charge in [-0.15, -0.1) is 12.4 Å². The van der Waals surface area contributed by atoms with Crippen LogP contribution < -0.4 is 15.5 Å². The molecular weight excluding hydrogens is 378 g/mol. The van der Waals surface area contributed by atoms with Gasteiger partial charge in [0.05, 0.1) is 6.04 Å². The highest BCUT2D eigenvalue weighted by molar-refractivity contribution is 6.03. The molecule has 1 aromatic carbocycles. The first-order valence-electron chi connectivity index (χ1n) is 9.58. The number of rotatable bonds is 4. The van der Waals surface area contributed by atoms with Crippen LogP contribution >= 0.6 is 12.4 Å². The highest BCUT2D eigenvalue weighted by atomic mass is 35.5. The number of carbonyl (C=O) groups excluding carboxylic acids is 2. The molecule has 2 aromatic rings. The molecule has 7 nitrogen and oxygen atoms in total. The first kappa shape index (κ1) is 20.4. The van der Waals surface area contributed by atoms with E-state index in [0.717, 1.165) is 31.6 Å². The summed E-state index contributed by atoms with van der Waals surface area (Å²) in [5.41, 5.74) is 1.22. The number of aromatic nitrogens is 2. The Hall–Kier alpha value is -2.38. The van der Waals surface area contributed by atoms with E-state index in [-0.39, 0.29) is 36.3 Å². The Balaban J connectivity index is 0.00000225. The van der Waals surface area contributed by atoms with Crippen molar-refractivity contribution in [3.8, 4) is 0 Å². The van der Waals surface area contributed by atoms with E-state index >= 15 is 0 Å². The number of nitrogens with zero attached hydrogens (tertiary/aromatic N) is 3. The van der Waals surface area contributed by atoms with Crippen molar-refractivity contribution in [3.63, 3.8) is 0 Å². The van der Waals surface area contributed by atoms with Crippen LogP contribution in [0.2, 0.25) is 0 Å². The molecule has 2 fully saturated rings. The van der Waals surface area contributed by atoms with Gasteiger partial charge in [-0.05, 0) is 50.9 Å². The van der Waals surface area contributed by atoms with Crippen molar-refractivity contribution < 1.29 is 9.59 Å². The molecule has 2 aliphatic heterocycles. The molecule has 0 bridgehead atoms. The summed E-state index contributed by atoms with van der Waals surface area (Å²) in [6, 6.07) is 11.1. The number of amides is 2. The van der Waals surface area contributed by atoms with Gasteiger partial charge in [-0.1, -0.05) is 18.2 Å². The van der Waals surface area contributed by atoms with Gasteiger partial charge in [0.25, 0.3) is 5.91 Å². The zero-order valence-electron chi connectivity index (χ0n) is 15.9. The van der Waals surface area contributed by atoms with Crippen LogP contribution in [0.4, 0.5) is 5.69 Å². The maximum Gasteiger partial charge on any atom is 0.272 e. The Morgan fingerprint density at radius 3 is 2.75 bits per heavy atom. The minimum atomic E-state index is -0.519. The lowest BCUT2D eigenvalue weighted by atomic mass is 10.1. The van der Waals surface area contributed by atoms with Crippen molar-refractivity contribution in [1.29, 1.82) is 0 Å². The molecule has 0 radical (unpaired) electrons. The van der Waals surface area contributed by atoms with Gasteiger partial charge >= 0.3 is 0 Å². The number of benzene rings is 1. The molecule has 28 heavy (non-hydrogen) atoms. The largest absolute Gasteiger partial charge is 0.339 e. The van der Waals surface area contributed by atoms with Crippen molar-refractivity contribution in [2.24, 2.45) is 0 Å². The quantitative estimate of drug-likeness (QED) is 0.819. The SMILES string of the molecule is CC1CC(NC(=O)c2ccn(C3CCCNC3)n2)C(=O)N1c1ccccc1.Cl. The van der Waals surface area contributed by atoms with Crippen LogP contribution in [0.15, 0.2) is 42.6 Å². The second-order valence-corrected chi connectivity index (χ2v) is 7.34. The smallest absolute Gasteiger partial charge is 0.272 e. The molecule has 2 saturated heterocycles. The summed E-state index contributed by atoms with van der Waals surface area (Å²) in [4.78, 5) is 27.2. The number of piperidine rings is 1. The van der Waals surface area contributed by atoms with Crippen LogP contribution in [0.3, 0.4) is 0 Å². The molecule has 1 aromatic heterocycles. The minimum Gasteiger partial charge on any atom is -0.339 e. The second kappa shape index (κ2) is 8.75. The van der Waals surface area contributed by atoms with Gasteiger partial charge in [0, 0.05) is 24.5 Å². The molecule has 8 heteroatoms. The van der Waals surface area contributed by atoms with E-state index in [9.17, 15) is 9.59 Å². The lowest BCUT2D eigenvalue weighted by Gasteiger charge is -2.22. The fraction of sp³-hybridized carbons (Fsp3) is 0.450. The molecule has 2 amide bonds. The van der Waals surface area contributed by atoms with Gasteiger partial charge in [0.2, 0.25) is 5.91 Å². The van der Waals surface area contributed by atoms with E-state index in [4.69, 9.17) is 0 Å². The third kappa shape index (κ3) is 4.05. The zero-order chi connectivity index (χ0) is 18.8. The van der Waals surface area contributed by atoms with Crippen molar-refractivity contribution in [3.05, 3.63) is 48.3 Å². The van der Waals surface area contributed by atoms with Gasteiger partial charge < -0.3 is 15.5 Å². The monoisotopic (exact) mass is 403 g/mol. The van der Waals surface area contributed by atoms with E-state index in [1.807, 2.05) is 48.1 Å². The van der Waals surface area contributed by atoms with E-state index < -0.39 is 6.04 Å². The summed E-state index contributed by atoms with van der Waals surface area (Å²) in [5.74, 6) is -0.365. The number of nitrogens with one attached hydrogen (secondary N) is 2. The van der Waals surface area contributed by atoms with Crippen molar-refractivity contribution >= 4 is 29.9 Å². The standard InChI is InChI=1S/C20H25N5O2.ClH/c1-14-12-18(20(27)25(14)15-6-3-2-4-7-15)22-19(26)17-9-11-24(23-17)16-8-5-10-21-13-16;/h2-4,6-7,9,11,14,16,18,21H,5,8,10,12-13H2,1H3,(H,22,26);1H. The first-order valence-corrected chi connectivity index (χ1v) is 9.58. The molecule has 3 atom stereocenters. The van der Waals surface area contributed by atoms with Gasteiger partial charge in [0.1, 0.15) is 11.7 Å². The maximum absolute atomic E-state index is 12.8. The van der Waals surface area contributed by atoms with Gasteiger partial charge in [-0.3, -0.25) is 14.3 Å². The molecule has 0 saturated carbocycles. The van der Waals surface area contributed by atoms with Crippen LogP contribution in [0.1, 0.15) is 42.7 Å². The molecule has 150 valence electrons. The van der Waals surface area contributed by atoms with E-state index in [1.165, 1.54) is 0 Å². The molecule has 2 aliphatic rings. The lowest BCUT2D eigenvalue weighted by Crippen LogP contribution is -2.42. The summed E-state index contributed by atoms with van der Waals surface area (Å²) in [5, 5.41) is 10.7. The Bertz CT molecular complexity index is 819. The van der Waals surface area contributed by atoms with E-state index in [0.29, 0.717) is 12.1 Å². The summed E-state index contributed by atoms with van der Waals surface area (Å²) in [7, 11) is 0. The Labute approximate surface area is 170 Å². The molecule has 0 spiro atoms. The zero-order valence-corrected chi connectivity index (χ0v) is 16.7. The Morgan fingerprint density at radius 1 is 1.25 bits per heavy atom. The molecule has 4 rings (SSSR count). The molecule has 3 unspecified atom stereocenters. The lowest BCUT2D eigenvalue weighted by molar-refractivity contribution is -0.118. The van der Waals surface area contributed by atoms with Gasteiger partial charge in [-0.2, -0.15) is 5.10 Å². The second-order valence-electron chi connectivity index (χ2n) is 7.34. The minimum absolute atomic E-state index is 0. The Morgan fingerprint density at radius 2 is 2.04 bits per heavy atom.